The van der Waals surface area contributed by atoms with E-state index in [-0.39, 0.29) is 12.4 Å². The predicted molar refractivity (Wildman–Crippen MR) is 88.3 cm³/mol. The number of hydrogen-bond donors (Lipinski definition) is 0. The van der Waals surface area contributed by atoms with Gasteiger partial charge in [-0.3, -0.25) is 4.79 Å². The Hall–Kier alpha value is -2.34. The normalized spacial score (nSPS) is 10.0. The average molecular weight is 379 g/mol. The number of esters is 1. The van der Waals surface area contributed by atoms with Gasteiger partial charge in [0, 0.05) is 10.0 Å². The third-order valence-corrected chi connectivity index (χ3v) is 3.49. The molecule has 0 saturated heterocycles. The average Bonchev–Trinajstić information content (AvgIpc) is 2.54. The van der Waals surface area contributed by atoms with Crippen LogP contribution in [0, 0.1) is 0 Å². The van der Waals surface area contributed by atoms with Crippen molar-refractivity contribution in [1.29, 1.82) is 0 Å². The van der Waals surface area contributed by atoms with Crippen molar-refractivity contribution >= 4 is 27.7 Å². The van der Waals surface area contributed by atoms with Crippen molar-refractivity contribution in [2.24, 2.45) is 0 Å². The molecule has 0 aliphatic heterocycles. The maximum Gasteiger partial charge on any atom is 0.349 e. The maximum atomic E-state index is 11.8. The van der Waals surface area contributed by atoms with Crippen LogP contribution in [0.4, 0.5) is 0 Å². The van der Waals surface area contributed by atoms with Crippen molar-refractivity contribution in [2.45, 2.75) is 6.92 Å². The van der Waals surface area contributed by atoms with Crippen molar-refractivity contribution in [3.8, 4) is 17.2 Å². The Morgan fingerprint density at radius 1 is 1.04 bits per heavy atom. The lowest BCUT2D eigenvalue weighted by Crippen LogP contribution is -2.18. The molecule has 0 unspecified atom stereocenters. The highest BCUT2D eigenvalue weighted by Gasteiger charge is 2.11. The van der Waals surface area contributed by atoms with Crippen molar-refractivity contribution in [3.05, 3.63) is 52.5 Å². The summed E-state index contributed by atoms with van der Waals surface area (Å²) in [5.74, 6) is 0.564. The van der Waals surface area contributed by atoms with Crippen LogP contribution in [0.15, 0.2) is 46.9 Å². The van der Waals surface area contributed by atoms with E-state index >= 15 is 0 Å². The Bertz CT molecular complexity index is 709. The molecular formula is C17H15BrO5. The van der Waals surface area contributed by atoms with Gasteiger partial charge in [0.15, 0.2) is 23.9 Å². The van der Waals surface area contributed by atoms with Crippen LogP contribution >= 0.6 is 15.9 Å². The minimum Gasteiger partial charge on any atom is -0.493 e. The van der Waals surface area contributed by atoms with Crippen molar-refractivity contribution in [2.75, 3.05) is 13.7 Å². The zero-order chi connectivity index (χ0) is 16.8. The summed E-state index contributed by atoms with van der Waals surface area (Å²) in [6.07, 6.45) is 0. The number of carbonyl (C=O) groups is 2. The molecule has 0 aromatic heterocycles. The Kier molecular flexibility index (Phi) is 5.76. The zero-order valence-corrected chi connectivity index (χ0v) is 14.3. The van der Waals surface area contributed by atoms with E-state index in [2.05, 4.69) is 15.9 Å². The number of benzene rings is 2. The molecule has 2 aromatic carbocycles. The molecule has 0 aliphatic rings. The smallest absolute Gasteiger partial charge is 0.349 e. The lowest BCUT2D eigenvalue weighted by Gasteiger charge is -2.11. The molecule has 23 heavy (non-hydrogen) atoms. The van der Waals surface area contributed by atoms with E-state index in [0.717, 1.165) is 4.47 Å². The third-order valence-electron chi connectivity index (χ3n) is 2.96. The quantitative estimate of drug-likeness (QED) is 0.436. The number of Topliss-reactive ketones (excluding diaryl/α,β-unsaturated/α-hetero) is 1. The second-order valence-corrected chi connectivity index (χ2v) is 5.55. The van der Waals surface area contributed by atoms with Gasteiger partial charge in [0.25, 0.3) is 0 Å². The number of ether oxygens (including phenoxy) is 3. The van der Waals surface area contributed by atoms with E-state index in [1.165, 1.54) is 14.0 Å². The summed E-state index contributed by atoms with van der Waals surface area (Å²) < 4.78 is 16.6. The highest BCUT2D eigenvalue weighted by molar-refractivity contribution is 9.10. The van der Waals surface area contributed by atoms with Crippen molar-refractivity contribution < 1.29 is 23.8 Å². The van der Waals surface area contributed by atoms with Crippen LogP contribution < -0.4 is 14.2 Å². The summed E-state index contributed by atoms with van der Waals surface area (Å²) in [6, 6.07) is 11.6. The van der Waals surface area contributed by atoms with Gasteiger partial charge in [-0.1, -0.05) is 15.9 Å². The number of rotatable bonds is 6. The molecule has 0 heterocycles. The van der Waals surface area contributed by atoms with E-state index in [4.69, 9.17) is 14.2 Å². The summed E-state index contributed by atoms with van der Waals surface area (Å²) in [6.45, 7) is 1.19. The molecule has 0 amide bonds. The molecule has 0 bridgehead atoms. The molecule has 120 valence electrons. The van der Waals surface area contributed by atoms with E-state index in [9.17, 15) is 9.59 Å². The molecule has 0 N–H and O–H groups in total. The van der Waals surface area contributed by atoms with E-state index < -0.39 is 5.97 Å². The van der Waals surface area contributed by atoms with Gasteiger partial charge >= 0.3 is 5.97 Å². The minimum atomic E-state index is -0.537. The summed E-state index contributed by atoms with van der Waals surface area (Å²) in [5.41, 5.74) is 0.506. The summed E-state index contributed by atoms with van der Waals surface area (Å²) in [7, 11) is 1.46. The van der Waals surface area contributed by atoms with Gasteiger partial charge in [0.2, 0.25) is 0 Å². The molecule has 2 rings (SSSR count). The fraction of sp³-hybridized carbons (Fsp3) is 0.176. The third kappa shape index (κ3) is 4.82. The zero-order valence-electron chi connectivity index (χ0n) is 12.7. The second kappa shape index (κ2) is 7.78. The molecule has 0 aliphatic carbocycles. The Morgan fingerprint density at radius 3 is 2.35 bits per heavy atom. The maximum absolute atomic E-state index is 11.8. The first-order valence-electron chi connectivity index (χ1n) is 6.77. The monoisotopic (exact) mass is 378 g/mol. The van der Waals surface area contributed by atoms with Crippen LogP contribution in [0.3, 0.4) is 0 Å². The molecule has 6 heteroatoms. The molecule has 5 nitrogen and oxygen atoms in total. The molecule has 0 atom stereocenters. The highest BCUT2D eigenvalue weighted by atomic mass is 79.9. The summed E-state index contributed by atoms with van der Waals surface area (Å²) in [4.78, 5) is 23.1. The molecule has 2 aromatic rings. The number of halogens is 1. The van der Waals surface area contributed by atoms with E-state index in [1.54, 1.807) is 42.5 Å². The van der Waals surface area contributed by atoms with Gasteiger partial charge in [0.1, 0.15) is 5.75 Å². The van der Waals surface area contributed by atoms with E-state index in [1.807, 2.05) is 0 Å². The van der Waals surface area contributed by atoms with Crippen LogP contribution in [0.2, 0.25) is 0 Å². The van der Waals surface area contributed by atoms with Crippen molar-refractivity contribution in [3.63, 3.8) is 0 Å². The van der Waals surface area contributed by atoms with E-state index in [0.29, 0.717) is 22.8 Å². The summed E-state index contributed by atoms with van der Waals surface area (Å²) >= 11 is 3.30. The Morgan fingerprint density at radius 2 is 1.74 bits per heavy atom. The Balaban J connectivity index is 1.98. The van der Waals surface area contributed by atoms with Gasteiger partial charge in [-0.05, 0) is 49.4 Å². The number of carbonyl (C=O) groups excluding carboxylic acids is 2. The summed E-state index contributed by atoms with van der Waals surface area (Å²) in [5, 5.41) is 0. The van der Waals surface area contributed by atoms with Crippen LogP contribution in [-0.4, -0.2) is 25.5 Å². The van der Waals surface area contributed by atoms with Gasteiger partial charge in [0.05, 0.1) is 7.11 Å². The van der Waals surface area contributed by atoms with Crippen LogP contribution in [0.1, 0.15) is 17.3 Å². The lowest BCUT2D eigenvalue weighted by atomic mass is 10.1. The number of methoxy groups -OCH3 is 1. The molecule has 0 spiro atoms. The topological polar surface area (TPSA) is 61.8 Å². The minimum absolute atomic E-state index is 0.0792. The van der Waals surface area contributed by atoms with Crippen LogP contribution in [0.5, 0.6) is 17.2 Å². The first-order valence-corrected chi connectivity index (χ1v) is 7.57. The number of ketones is 1. The second-order valence-electron chi connectivity index (χ2n) is 4.64. The fourth-order valence-corrected chi connectivity index (χ4v) is 2.07. The molecule has 0 fully saturated rings. The first-order chi connectivity index (χ1) is 11.0. The fourth-order valence-electron chi connectivity index (χ4n) is 1.81. The molecular weight excluding hydrogens is 364 g/mol. The van der Waals surface area contributed by atoms with Crippen LogP contribution in [-0.2, 0) is 4.79 Å². The lowest BCUT2D eigenvalue weighted by molar-refractivity contribution is -0.136. The Labute approximate surface area is 142 Å². The number of hydrogen-bond acceptors (Lipinski definition) is 5. The standard InChI is InChI=1S/C17H15BrO5/c1-11(19)12-3-8-15(16(9-12)21-2)22-10-17(20)23-14-6-4-13(18)5-7-14/h3-9H,10H2,1-2H3. The predicted octanol–water partition coefficient (Wildman–Crippen LogP) is 3.64. The van der Waals surface area contributed by atoms with Gasteiger partial charge < -0.3 is 14.2 Å². The van der Waals surface area contributed by atoms with Gasteiger partial charge in [-0.2, -0.15) is 0 Å². The van der Waals surface area contributed by atoms with Gasteiger partial charge in [-0.25, -0.2) is 4.79 Å². The van der Waals surface area contributed by atoms with Crippen molar-refractivity contribution in [1.82, 2.24) is 0 Å². The van der Waals surface area contributed by atoms with Crippen LogP contribution in [0.25, 0.3) is 0 Å². The molecule has 0 saturated carbocycles. The first kappa shape index (κ1) is 17.0. The molecule has 0 radical (unpaired) electrons. The SMILES string of the molecule is COc1cc(C(C)=O)ccc1OCC(=O)Oc1ccc(Br)cc1. The highest BCUT2D eigenvalue weighted by Crippen LogP contribution is 2.28. The largest absolute Gasteiger partial charge is 0.493 e. The van der Waals surface area contributed by atoms with Gasteiger partial charge in [-0.15, -0.1) is 0 Å².